The van der Waals surface area contributed by atoms with Crippen LogP contribution < -0.4 is 0 Å². The van der Waals surface area contributed by atoms with E-state index in [9.17, 15) is 13.2 Å². The van der Waals surface area contributed by atoms with Crippen LogP contribution in [0.4, 0.5) is 13.2 Å². The van der Waals surface area contributed by atoms with Gasteiger partial charge in [-0.2, -0.15) is 13.2 Å². The van der Waals surface area contributed by atoms with Gasteiger partial charge < -0.3 is 5.11 Å². The van der Waals surface area contributed by atoms with Crippen molar-refractivity contribution in [2.24, 2.45) is 0 Å². The summed E-state index contributed by atoms with van der Waals surface area (Å²) >= 11 is 6.32. The number of aromatic nitrogens is 2. The second-order valence-corrected chi connectivity index (χ2v) is 3.88. The highest BCUT2D eigenvalue weighted by Gasteiger charge is 2.33. The third-order valence-electron chi connectivity index (χ3n) is 1.31. The first kappa shape index (κ1) is 12.5. The van der Waals surface area contributed by atoms with Gasteiger partial charge in [-0.25, -0.2) is 9.97 Å². The molecular formula is C7H6ClF3N2OS. The van der Waals surface area contributed by atoms with Crippen molar-refractivity contribution >= 4 is 23.4 Å². The predicted octanol–water partition coefficient (Wildman–Crippen LogP) is 2.23. The Kier molecular flexibility index (Phi) is 4.18. The molecule has 0 saturated heterocycles. The lowest BCUT2D eigenvalue weighted by Gasteiger charge is -2.07. The van der Waals surface area contributed by atoms with E-state index in [4.69, 9.17) is 16.7 Å². The zero-order valence-corrected chi connectivity index (χ0v) is 8.83. The summed E-state index contributed by atoms with van der Waals surface area (Å²) < 4.78 is 36.8. The fourth-order valence-electron chi connectivity index (χ4n) is 0.766. The standard InChI is InChI=1S/C7H6ClF3N2OS/c8-6-12-4(7(9,10)11)3-5(13-6)15-2-1-14/h3,14H,1-2H2. The molecule has 0 unspecified atom stereocenters. The van der Waals surface area contributed by atoms with Crippen molar-refractivity contribution in [1.82, 2.24) is 9.97 Å². The quantitative estimate of drug-likeness (QED) is 0.513. The topological polar surface area (TPSA) is 46.0 Å². The van der Waals surface area contributed by atoms with Gasteiger partial charge in [0, 0.05) is 11.8 Å². The van der Waals surface area contributed by atoms with Gasteiger partial charge in [0.1, 0.15) is 5.03 Å². The maximum atomic E-state index is 12.3. The third kappa shape index (κ3) is 3.84. The summed E-state index contributed by atoms with van der Waals surface area (Å²) in [6.07, 6.45) is -4.54. The van der Waals surface area contributed by atoms with Crippen LogP contribution in [0.1, 0.15) is 5.69 Å². The molecule has 0 amide bonds. The first-order chi connectivity index (χ1) is 6.93. The highest BCUT2D eigenvalue weighted by molar-refractivity contribution is 7.99. The largest absolute Gasteiger partial charge is 0.433 e. The fourth-order valence-corrected chi connectivity index (χ4v) is 1.64. The van der Waals surface area contributed by atoms with Crippen molar-refractivity contribution in [3.63, 3.8) is 0 Å². The lowest BCUT2D eigenvalue weighted by molar-refractivity contribution is -0.141. The van der Waals surface area contributed by atoms with Gasteiger partial charge in [-0.15, -0.1) is 11.8 Å². The van der Waals surface area contributed by atoms with Crippen LogP contribution in [0, 0.1) is 0 Å². The highest BCUT2D eigenvalue weighted by Crippen LogP contribution is 2.30. The van der Waals surface area contributed by atoms with Crippen molar-refractivity contribution < 1.29 is 18.3 Å². The predicted molar refractivity (Wildman–Crippen MR) is 49.9 cm³/mol. The van der Waals surface area contributed by atoms with Crippen molar-refractivity contribution in [1.29, 1.82) is 0 Å². The molecule has 1 aromatic rings. The van der Waals surface area contributed by atoms with E-state index < -0.39 is 17.2 Å². The summed E-state index contributed by atoms with van der Waals surface area (Å²) in [5, 5.41) is 8.15. The number of nitrogens with zero attached hydrogens (tertiary/aromatic N) is 2. The second kappa shape index (κ2) is 5.00. The third-order valence-corrected chi connectivity index (χ3v) is 2.37. The van der Waals surface area contributed by atoms with E-state index in [0.29, 0.717) is 0 Å². The van der Waals surface area contributed by atoms with Crippen molar-refractivity contribution in [3.8, 4) is 0 Å². The first-order valence-electron chi connectivity index (χ1n) is 3.79. The average Bonchev–Trinajstić information content (AvgIpc) is 2.12. The number of aliphatic hydroxyl groups is 1. The molecule has 1 heterocycles. The molecule has 1 rings (SSSR count). The lowest BCUT2D eigenvalue weighted by atomic mass is 10.4. The molecule has 0 bridgehead atoms. The molecule has 0 saturated carbocycles. The Hall–Kier alpha value is -0.530. The van der Waals surface area contributed by atoms with Gasteiger partial charge >= 0.3 is 6.18 Å². The summed E-state index contributed by atoms with van der Waals surface area (Å²) in [5.41, 5.74) is -1.08. The smallest absolute Gasteiger partial charge is 0.396 e. The van der Waals surface area contributed by atoms with Gasteiger partial charge in [0.2, 0.25) is 5.28 Å². The van der Waals surface area contributed by atoms with Crippen LogP contribution in [0.2, 0.25) is 5.28 Å². The van der Waals surface area contributed by atoms with Crippen LogP contribution in [0.3, 0.4) is 0 Å². The Morgan fingerprint density at radius 2 is 2.07 bits per heavy atom. The summed E-state index contributed by atoms with van der Waals surface area (Å²) in [7, 11) is 0. The molecule has 1 N–H and O–H groups in total. The van der Waals surface area contributed by atoms with E-state index in [1.807, 2.05) is 0 Å². The van der Waals surface area contributed by atoms with Gasteiger partial charge in [-0.1, -0.05) is 0 Å². The van der Waals surface area contributed by atoms with Crippen LogP contribution >= 0.6 is 23.4 Å². The van der Waals surface area contributed by atoms with Crippen LogP contribution in [-0.4, -0.2) is 27.4 Å². The minimum absolute atomic E-state index is 0.0939. The fraction of sp³-hybridized carbons (Fsp3) is 0.429. The molecule has 3 nitrogen and oxygen atoms in total. The summed E-state index contributed by atoms with van der Waals surface area (Å²) in [6.45, 7) is -0.145. The first-order valence-corrected chi connectivity index (χ1v) is 5.15. The number of alkyl halides is 3. The van der Waals surface area contributed by atoms with Gasteiger partial charge in [0.25, 0.3) is 0 Å². The number of aliphatic hydroxyl groups excluding tert-OH is 1. The molecule has 0 aromatic carbocycles. The second-order valence-electron chi connectivity index (χ2n) is 2.43. The minimum Gasteiger partial charge on any atom is -0.396 e. The SMILES string of the molecule is OCCSc1cc(C(F)(F)F)nc(Cl)n1. The normalized spacial score (nSPS) is 11.8. The number of thioether (sulfide) groups is 1. The molecule has 0 radical (unpaired) electrons. The number of halogens is 4. The van der Waals surface area contributed by atoms with Gasteiger partial charge in [0.05, 0.1) is 6.61 Å². The average molecular weight is 259 g/mol. The van der Waals surface area contributed by atoms with Crippen molar-refractivity contribution in [2.45, 2.75) is 11.2 Å². The van der Waals surface area contributed by atoms with Gasteiger partial charge in [-0.3, -0.25) is 0 Å². The number of hydrogen-bond acceptors (Lipinski definition) is 4. The van der Waals surface area contributed by atoms with Crippen LogP contribution in [0.5, 0.6) is 0 Å². The van der Waals surface area contributed by atoms with Gasteiger partial charge in [0.15, 0.2) is 5.69 Å². The Balaban J connectivity index is 2.95. The molecule has 0 aliphatic carbocycles. The summed E-state index contributed by atoms with van der Waals surface area (Å²) in [4.78, 5) is 6.66. The lowest BCUT2D eigenvalue weighted by Crippen LogP contribution is -2.09. The highest BCUT2D eigenvalue weighted by atomic mass is 35.5. The van der Waals surface area contributed by atoms with E-state index in [2.05, 4.69) is 9.97 Å². The zero-order valence-electron chi connectivity index (χ0n) is 7.25. The van der Waals surface area contributed by atoms with E-state index >= 15 is 0 Å². The van der Waals surface area contributed by atoms with Gasteiger partial charge in [-0.05, 0) is 11.6 Å². The molecule has 0 aliphatic heterocycles. The molecule has 15 heavy (non-hydrogen) atoms. The van der Waals surface area contributed by atoms with E-state index in [1.165, 1.54) is 0 Å². The molecular weight excluding hydrogens is 253 g/mol. The maximum absolute atomic E-state index is 12.3. The van der Waals surface area contributed by atoms with Crippen LogP contribution in [0.15, 0.2) is 11.1 Å². The number of hydrogen-bond donors (Lipinski definition) is 1. The van der Waals surface area contributed by atoms with Crippen molar-refractivity contribution in [2.75, 3.05) is 12.4 Å². The maximum Gasteiger partial charge on any atom is 0.433 e. The van der Waals surface area contributed by atoms with Crippen molar-refractivity contribution in [3.05, 3.63) is 17.0 Å². The summed E-state index contributed by atoms with van der Waals surface area (Å²) in [5.74, 6) is 0.255. The Bertz CT molecular complexity index is 347. The Morgan fingerprint density at radius 1 is 1.40 bits per heavy atom. The molecule has 8 heteroatoms. The molecule has 0 atom stereocenters. The van der Waals surface area contributed by atoms with Crippen LogP contribution in [0.25, 0.3) is 0 Å². The Labute approximate surface area is 92.7 Å². The zero-order chi connectivity index (χ0) is 11.5. The van der Waals surface area contributed by atoms with E-state index in [0.717, 1.165) is 17.8 Å². The van der Waals surface area contributed by atoms with Crippen LogP contribution in [-0.2, 0) is 6.18 Å². The van der Waals surface area contributed by atoms with E-state index in [1.54, 1.807) is 0 Å². The number of rotatable bonds is 3. The Morgan fingerprint density at radius 3 is 2.60 bits per heavy atom. The summed E-state index contributed by atoms with van der Waals surface area (Å²) in [6, 6.07) is 0.798. The molecule has 0 fully saturated rings. The van der Waals surface area contributed by atoms with E-state index in [-0.39, 0.29) is 17.4 Å². The molecule has 0 aliphatic rings. The minimum atomic E-state index is -4.54. The monoisotopic (exact) mass is 258 g/mol. The molecule has 1 aromatic heterocycles. The molecule has 84 valence electrons. The molecule has 0 spiro atoms.